The van der Waals surface area contributed by atoms with Gasteiger partial charge in [-0.2, -0.15) is 0 Å². The van der Waals surface area contributed by atoms with Crippen LogP contribution in [0.5, 0.6) is 0 Å². The zero-order valence-electron chi connectivity index (χ0n) is 12.0. The Labute approximate surface area is 132 Å². The molecular weight excluding hydrogens is 306 g/mol. The molecule has 0 saturated heterocycles. The third-order valence-corrected chi connectivity index (χ3v) is 2.99. The lowest BCUT2D eigenvalue weighted by Crippen LogP contribution is -2.30. The zero-order chi connectivity index (χ0) is 16.1. The molecule has 0 aromatic carbocycles. The topological polar surface area (TPSA) is 81.2 Å². The highest BCUT2D eigenvalue weighted by atomic mass is 35.5. The number of halogens is 1. The molecule has 114 valence electrons. The van der Waals surface area contributed by atoms with Crippen LogP contribution in [-0.4, -0.2) is 27.9 Å². The summed E-state index contributed by atoms with van der Waals surface area (Å²) in [6.45, 7) is 3.36. The number of nitrogens with one attached hydrogen (secondary N) is 1. The van der Waals surface area contributed by atoms with E-state index >= 15 is 0 Å². The van der Waals surface area contributed by atoms with Crippen molar-refractivity contribution in [2.24, 2.45) is 0 Å². The summed E-state index contributed by atoms with van der Waals surface area (Å²) in [5.74, 6) is -0.712. The Balaban J connectivity index is 1.98. The summed E-state index contributed by atoms with van der Waals surface area (Å²) in [5.41, 5.74) is 1.19. The minimum Gasteiger partial charge on any atom is -0.449 e. The van der Waals surface area contributed by atoms with Gasteiger partial charge in [0.15, 0.2) is 6.10 Å². The van der Waals surface area contributed by atoms with Crippen molar-refractivity contribution in [1.29, 1.82) is 0 Å². The lowest BCUT2D eigenvalue weighted by Gasteiger charge is -2.13. The van der Waals surface area contributed by atoms with Crippen LogP contribution in [0.15, 0.2) is 36.7 Å². The van der Waals surface area contributed by atoms with Crippen LogP contribution in [0.3, 0.4) is 0 Å². The minimum absolute atomic E-state index is 0.176. The van der Waals surface area contributed by atoms with Crippen LogP contribution < -0.4 is 5.32 Å². The molecule has 1 unspecified atom stereocenters. The van der Waals surface area contributed by atoms with E-state index < -0.39 is 18.0 Å². The smallest absolute Gasteiger partial charge is 0.339 e. The first kappa shape index (κ1) is 15.9. The van der Waals surface area contributed by atoms with Crippen LogP contribution in [0.4, 0.5) is 5.82 Å². The van der Waals surface area contributed by atoms with Gasteiger partial charge in [-0.15, -0.1) is 0 Å². The standard InChI is InChI=1S/C15H14ClN3O3/c1-9-3-5-18-13(7-9)19-14(20)10(2)22-15(21)11-4-6-17-12(16)8-11/h3-8,10H,1-2H3,(H,18,19,20). The Morgan fingerprint density at radius 3 is 2.64 bits per heavy atom. The summed E-state index contributed by atoms with van der Waals surface area (Å²) in [5, 5.41) is 2.76. The summed E-state index contributed by atoms with van der Waals surface area (Å²) in [4.78, 5) is 31.7. The molecule has 0 aliphatic rings. The second kappa shape index (κ2) is 7.00. The Morgan fingerprint density at radius 2 is 1.95 bits per heavy atom. The van der Waals surface area contributed by atoms with E-state index in [0.717, 1.165) is 5.56 Å². The number of esters is 1. The number of rotatable bonds is 4. The van der Waals surface area contributed by atoms with Gasteiger partial charge in [-0.1, -0.05) is 11.6 Å². The van der Waals surface area contributed by atoms with E-state index in [1.165, 1.54) is 25.3 Å². The molecule has 0 spiro atoms. The number of aryl methyl sites for hydroxylation is 1. The van der Waals surface area contributed by atoms with Crippen molar-refractivity contribution in [2.45, 2.75) is 20.0 Å². The third-order valence-electron chi connectivity index (χ3n) is 2.78. The fourth-order valence-electron chi connectivity index (χ4n) is 1.64. The molecule has 0 radical (unpaired) electrons. The van der Waals surface area contributed by atoms with Crippen molar-refractivity contribution in [3.63, 3.8) is 0 Å². The van der Waals surface area contributed by atoms with E-state index in [2.05, 4.69) is 15.3 Å². The quantitative estimate of drug-likeness (QED) is 0.692. The minimum atomic E-state index is -0.971. The Morgan fingerprint density at radius 1 is 1.23 bits per heavy atom. The Bertz CT molecular complexity index is 706. The lowest BCUT2D eigenvalue weighted by atomic mass is 10.2. The van der Waals surface area contributed by atoms with Crippen molar-refractivity contribution < 1.29 is 14.3 Å². The van der Waals surface area contributed by atoms with Crippen LogP contribution in [0.25, 0.3) is 0 Å². The molecule has 22 heavy (non-hydrogen) atoms. The summed E-state index contributed by atoms with van der Waals surface area (Å²) in [7, 11) is 0. The number of carbonyl (C=O) groups excluding carboxylic acids is 2. The van der Waals surface area contributed by atoms with E-state index in [1.54, 1.807) is 12.3 Å². The van der Waals surface area contributed by atoms with Gasteiger partial charge in [0.05, 0.1) is 5.56 Å². The maximum absolute atomic E-state index is 12.0. The summed E-state index contributed by atoms with van der Waals surface area (Å²) < 4.78 is 5.09. The summed E-state index contributed by atoms with van der Waals surface area (Å²) >= 11 is 5.70. The van der Waals surface area contributed by atoms with Gasteiger partial charge in [0, 0.05) is 12.4 Å². The number of nitrogens with zero attached hydrogens (tertiary/aromatic N) is 2. The molecule has 0 aliphatic heterocycles. The van der Waals surface area contributed by atoms with Gasteiger partial charge >= 0.3 is 5.97 Å². The van der Waals surface area contributed by atoms with Gasteiger partial charge in [-0.25, -0.2) is 14.8 Å². The Hall–Kier alpha value is -2.47. The van der Waals surface area contributed by atoms with Gasteiger partial charge in [0.25, 0.3) is 5.91 Å². The monoisotopic (exact) mass is 319 g/mol. The van der Waals surface area contributed by atoms with E-state index in [0.29, 0.717) is 5.82 Å². The van der Waals surface area contributed by atoms with Gasteiger partial charge in [0.2, 0.25) is 0 Å². The fraction of sp³-hybridized carbons (Fsp3) is 0.200. The lowest BCUT2D eigenvalue weighted by molar-refractivity contribution is -0.123. The second-order valence-electron chi connectivity index (χ2n) is 4.62. The SMILES string of the molecule is Cc1ccnc(NC(=O)C(C)OC(=O)c2ccnc(Cl)c2)c1. The van der Waals surface area contributed by atoms with Crippen molar-refractivity contribution >= 4 is 29.3 Å². The summed E-state index contributed by atoms with van der Waals surface area (Å²) in [6.07, 6.45) is 2.00. The summed E-state index contributed by atoms with van der Waals surface area (Å²) in [6, 6.07) is 6.36. The number of carbonyl (C=O) groups is 2. The van der Waals surface area contributed by atoms with Gasteiger partial charge in [-0.05, 0) is 43.7 Å². The molecule has 2 aromatic rings. The molecule has 7 heteroatoms. The zero-order valence-corrected chi connectivity index (χ0v) is 12.8. The van der Waals surface area contributed by atoms with E-state index in [4.69, 9.17) is 16.3 Å². The number of hydrogen-bond donors (Lipinski definition) is 1. The molecule has 0 saturated carbocycles. The van der Waals surface area contributed by atoms with Crippen LogP contribution in [0.1, 0.15) is 22.8 Å². The molecule has 1 amide bonds. The number of anilines is 1. The average Bonchev–Trinajstić information content (AvgIpc) is 2.47. The Kier molecular flexibility index (Phi) is 5.06. The maximum atomic E-state index is 12.0. The highest BCUT2D eigenvalue weighted by Gasteiger charge is 2.19. The average molecular weight is 320 g/mol. The molecule has 6 nitrogen and oxygen atoms in total. The van der Waals surface area contributed by atoms with Gasteiger partial charge in [-0.3, -0.25) is 4.79 Å². The number of amides is 1. The van der Waals surface area contributed by atoms with Crippen molar-refractivity contribution in [3.05, 3.63) is 52.9 Å². The number of pyridine rings is 2. The van der Waals surface area contributed by atoms with E-state index in [1.807, 2.05) is 13.0 Å². The molecular formula is C15H14ClN3O3. The highest BCUT2D eigenvalue weighted by Crippen LogP contribution is 2.11. The fourth-order valence-corrected chi connectivity index (χ4v) is 1.82. The third kappa shape index (κ3) is 4.26. The maximum Gasteiger partial charge on any atom is 0.339 e. The predicted molar refractivity (Wildman–Crippen MR) is 81.7 cm³/mol. The second-order valence-corrected chi connectivity index (χ2v) is 5.01. The first-order valence-corrected chi connectivity index (χ1v) is 6.89. The van der Waals surface area contributed by atoms with Gasteiger partial charge in [0.1, 0.15) is 11.0 Å². The largest absolute Gasteiger partial charge is 0.449 e. The molecule has 0 aliphatic carbocycles. The predicted octanol–water partition coefficient (Wildman–Crippen LogP) is 2.62. The molecule has 2 heterocycles. The normalized spacial score (nSPS) is 11.6. The molecule has 2 aromatic heterocycles. The number of hydrogen-bond acceptors (Lipinski definition) is 5. The number of aromatic nitrogens is 2. The van der Waals surface area contributed by atoms with Crippen LogP contribution in [-0.2, 0) is 9.53 Å². The van der Waals surface area contributed by atoms with Crippen LogP contribution >= 0.6 is 11.6 Å². The van der Waals surface area contributed by atoms with Crippen LogP contribution in [0.2, 0.25) is 5.15 Å². The first-order valence-electron chi connectivity index (χ1n) is 6.52. The molecule has 1 N–H and O–H groups in total. The van der Waals surface area contributed by atoms with E-state index in [-0.39, 0.29) is 10.7 Å². The highest BCUT2D eigenvalue weighted by molar-refractivity contribution is 6.29. The first-order chi connectivity index (χ1) is 10.5. The van der Waals surface area contributed by atoms with Crippen molar-refractivity contribution in [1.82, 2.24) is 9.97 Å². The molecule has 0 fully saturated rings. The van der Waals surface area contributed by atoms with Crippen LogP contribution in [0, 0.1) is 6.92 Å². The molecule has 2 rings (SSSR count). The molecule has 0 bridgehead atoms. The number of ether oxygens (including phenoxy) is 1. The van der Waals surface area contributed by atoms with Crippen molar-refractivity contribution in [2.75, 3.05) is 5.32 Å². The van der Waals surface area contributed by atoms with Gasteiger partial charge < -0.3 is 10.1 Å². The van der Waals surface area contributed by atoms with E-state index in [9.17, 15) is 9.59 Å². The van der Waals surface area contributed by atoms with Crippen molar-refractivity contribution in [3.8, 4) is 0 Å². The molecule has 1 atom stereocenters.